The van der Waals surface area contributed by atoms with Gasteiger partial charge < -0.3 is 0 Å². The second kappa shape index (κ2) is 3.43. The Morgan fingerprint density at radius 3 is 1.83 bits per heavy atom. The Morgan fingerprint density at radius 1 is 1.08 bits per heavy atom. The summed E-state index contributed by atoms with van der Waals surface area (Å²) in [7, 11) is 0. The van der Waals surface area contributed by atoms with Crippen LogP contribution in [0.3, 0.4) is 0 Å². The first-order chi connectivity index (χ1) is 5.52. The summed E-state index contributed by atoms with van der Waals surface area (Å²) in [6.07, 6.45) is -2.86. The molecule has 0 saturated heterocycles. The Bertz CT molecular complexity index is 274. The van der Waals surface area contributed by atoms with E-state index in [0.717, 1.165) is 0 Å². The fraction of sp³-hybridized carbons (Fsp3) is 0.143. The van der Waals surface area contributed by atoms with E-state index in [-0.39, 0.29) is 0 Å². The Balaban J connectivity index is 3.21. The highest BCUT2D eigenvalue weighted by atomic mass is 79.9. The molecule has 0 aliphatic heterocycles. The van der Waals surface area contributed by atoms with E-state index in [1.165, 1.54) is 0 Å². The molecule has 12 heavy (non-hydrogen) atoms. The van der Waals surface area contributed by atoms with Gasteiger partial charge in [-0.1, -0.05) is 0 Å². The molecule has 0 unspecified atom stereocenters. The summed E-state index contributed by atoms with van der Waals surface area (Å²) in [5, 5.41) is 0. The van der Waals surface area contributed by atoms with Crippen LogP contribution in [0.15, 0.2) is 16.6 Å². The molecule has 5 heteroatoms. The van der Waals surface area contributed by atoms with Gasteiger partial charge >= 0.3 is 0 Å². The van der Waals surface area contributed by atoms with Gasteiger partial charge in [0, 0.05) is 5.56 Å². The van der Waals surface area contributed by atoms with Gasteiger partial charge in [-0.3, -0.25) is 0 Å². The topological polar surface area (TPSA) is 0 Å². The van der Waals surface area contributed by atoms with Crippen LogP contribution in [0.5, 0.6) is 0 Å². The number of benzene rings is 1. The second-order valence-corrected chi connectivity index (χ2v) is 2.89. The lowest BCUT2D eigenvalue weighted by atomic mass is 10.2. The Labute approximate surface area is 74.3 Å². The Morgan fingerprint density at radius 2 is 1.50 bits per heavy atom. The molecule has 1 rings (SSSR count). The maximum Gasteiger partial charge on any atom is 0.264 e. The first-order valence-electron chi connectivity index (χ1n) is 2.95. The maximum atomic E-state index is 12.6. The van der Waals surface area contributed by atoms with Crippen LogP contribution in [0.25, 0.3) is 0 Å². The number of alkyl halides is 2. The third-order valence-electron chi connectivity index (χ3n) is 1.26. The largest absolute Gasteiger partial charge is 0.264 e. The monoisotopic (exact) mass is 242 g/mol. The average molecular weight is 243 g/mol. The molecule has 0 spiro atoms. The molecule has 0 aliphatic rings. The summed E-state index contributed by atoms with van der Waals surface area (Å²) in [5.74, 6) is -2.05. The number of rotatable bonds is 1. The van der Waals surface area contributed by atoms with Crippen LogP contribution in [-0.4, -0.2) is 0 Å². The van der Waals surface area contributed by atoms with Crippen molar-refractivity contribution in [2.24, 2.45) is 0 Å². The summed E-state index contributed by atoms with van der Waals surface area (Å²) in [6.45, 7) is 0. The first-order valence-corrected chi connectivity index (χ1v) is 3.74. The van der Waals surface area contributed by atoms with Crippen molar-refractivity contribution >= 4 is 15.9 Å². The van der Waals surface area contributed by atoms with E-state index in [9.17, 15) is 17.6 Å². The highest BCUT2D eigenvalue weighted by Gasteiger charge is 2.13. The molecule has 1 aromatic rings. The predicted molar refractivity (Wildman–Crippen MR) is 39.0 cm³/mol. The standard InChI is InChI=1S/C7H3BrF4/c8-6-4(9)1-3(7(11)12)2-5(6)10/h1-2,7H. The zero-order valence-corrected chi connectivity index (χ0v) is 7.21. The van der Waals surface area contributed by atoms with E-state index in [4.69, 9.17) is 0 Å². The molecule has 0 amide bonds. The second-order valence-electron chi connectivity index (χ2n) is 2.10. The molecule has 0 saturated carbocycles. The molecule has 0 heterocycles. The Hall–Kier alpha value is -0.580. The maximum absolute atomic E-state index is 12.6. The highest BCUT2D eigenvalue weighted by Crippen LogP contribution is 2.26. The van der Waals surface area contributed by atoms with Gasteiger partial charge in [0.15, 0.2) is 0 Å². The molecule has 0 aromatic heterocycles. The van der Waals surface area contributed by atoms with Crippen LogP contribution in [0.4, 0.5) is 17.6 Å². The van der Waals surface area contributed by atoms with Crippen LogP contribution < -0.4 is 0 Å². The van der Waals surface area contributed by atoms with Gasteiger partial charge in [0.2, 0.25) is 0 Å². The van der Waals surface area contributed by atoms with E-state index in [2.05, 4.69) is 15.9 Å². The smallest absolute Gasteiger partial charge is 0.206 e. The van der Waals surface area contributed by atoms with Gasteiger partial charge in [0.05, 0.1) is 4.47 Å². The van der Waals surface area contributed by atoms with Gasteiger partial charge in [-0.15, -0.1) is 0 Å². The minimum atomic E-state index is -2.86. The quantitative estimate of drug-likeness (QED) is 0.521. The number of hydrogen-bond donors (Lipinski definition) is 0. The minimum absolute atomic E-state index is 0.424. The lowest BCUT2D eigenvalue weighted by molar-refractivity contribution is 0.150. The lowest BCUT2D eigenvalue weighted by Crippen LogP contribution is -1.90. The molecular weight excluding hydrogens is 240 g/mol. The van der Waals surface area contributed by atoms with Crippen molar-refractivity contribution in [2.45, 2.75) is 6.43 Å². The number of hydrogen-bond acceptors (Lipinski definition) is 0. The van der Waals surface area contributed by atoms with E-state index < -0.39 is 28.1 Å². The van der Waals surface area contributed by atoms with E-state index in [0.29, 0.717) is 12.1 Å². The average Bonchev–Trinajstić information content (AvgIpc) is 1.99. The first kappa shape index (κ1) is 9.51. The van der Waals surface area contributed by atoms with Crippen molar-refractivity contribution in [3.63, 3.8) is 0 Å². The van der Waals surface area contributed by atoms with Crippen molar-refractivity contribution in [3.05, 3.63) is 33.8 Å². The molecule has 1 aromatic carbocycles. The summed E-state index contributed by atoms with van der Waals surface area (Å²) in [4.78, 5) is 0. The van der Waals surface area contributed by atoms with Crippen molar-refractivity contribution in [1.29, 1.82) is 0 Å². The van der Waals surface area contributed by atoms with E-state index in [1.54, 1.807) is 0 Å². The molecule has 0 nitrogen and oxygen atoms in total. The summed E-state index contributed by atoms with van der Waals surface area (Å²) >= 11 is 2.57. The molecule has 0 aliphatic carbocycles. The van der Waals surface area contributed by atoms with Gasteiger partial charge in [0.25, 0.3) is 6.43 Å². The third-order valence-corrected chi connectivity index (χ3v) is 2.02. The van der Waals surface area contributed by atoms with Crippen molar-refractivity contribution < 1.29 is 17.6 Å². The van der Waals surface area contributed by atoms with Crippen LogP contribution in [0.1, 0.15) is 12.0 Å². The minimum Gasteiger partial charge on any atom is -0.206 e. The number of halogens is 5. The SMILES string of the molecule is Fc1cc(C(F)F)cc(F)c1Br. The molecule has 0 N–H and O–H groups in total. The van der Waals surface area contributed by atoms with Crippen molar-refractivity contribution in [3.8, 4) is 0 Å². The fourth-order valence-corrected chi connectivity index (χ4v) is 0.930. The molecular formula is C7H3BrF4. The molecule has 0 fully saturated rings. The molecule has 66 valence electrons. The van der Waals surface area contributed by atoms with Gasteiger partial charge in [0.1, 0.15) is 11.6 Å². The lowest BCUT2D eigenvalue weighted by Gasteiger charge is -2.01. The summed E-state index contributed by atoms with van der Waals surface area (Å²) in [6, 6.07) is 1.19. The molecule has 0 atom stereocenters. The molecule has 0 radical (unpaired) electrons. The van der Waals surface area contributed by atoms with Gasteiger partial charge in [-0.05, 0) is 28.1 Å². The zero-order chi connectivity index (χ0) is 9.30. The Kier molecular flexibility index (Phi) is 2.72. The summed E-state index contributed by atoms with van der Waals surface area (Å²) in [5.41, 5.74) is -0.659. The van der Waals surface area contributed by atoms with Crippen LogP contribution in [-0.2, 0) is 0 Å². The van der Waals surface area contributed by atoms with Crippen LogP contribution >= 0.6 is 15.9 Å². The summed E-state index contributed by atoms with van der Waals surface area (Å²) < 4.78 is 48.6. The van der Waals surface area contributed by atoms with Gasteiger partial charge in [-0.2, -0.15) is 0 Å². The van der Waals surface area contributed by atoms with Gasteiger partial charge in [-0.25, -0.2) is 17.6 Å². The van der Waals surface area contributed by atoms with Crippen molar-refractivity contribution in [2.75, 3.05) is 0 Å². The van der Waals surface area contributed by atoms with Crippen molar-refractivity contribution in [1.82, 2.24) is 0 Å². The van der Waals surface area contributed by atoms with Crippen LogP contribution in [0, 0.1) is 11.6 Å². The normalized spacial score (nSPS) is 10.8. The third kappa shape index (κ3) is 1.77. The van der Waals surface area contributed by atoms with E-state index in [1.807, 2.05) is 0 Å². The molecule has 0 bridgehead atoms. The fourth-order valence-electron chi connectivity index (χ4n) is 0.701. The van der Waals surface area contributed by atoms with Crippen LogP contribution in [0.2, 0.25) is 0 Å². The highest BCUT2D eigenvalue weighted by molar-refractivity contribution is 9.10. The zero-order valence-electron chi connectivity index (χ0n) is 5.62. The predicted octanol–water partition coefficient (Wildman–Crippen LogP) is 3.66. The van der Waals surface area contributed by atoms with E-state index >= 15 is 0 Å².